The Balaban J connectivity index is 1.45. The van der Waals surface area contributed by atoms with E-state index in [0.717, 1.165) is 50.3 Å². The number of hydrogen-bond donors (Lipinski definition) is 1. The highest BCUT2D eigenvalue weighted by Gasteiger charge is 2.35. The van der Waals surface area contributed by atoms with Crippen molar-refractivity contribution in [3.05, 3.63) is 29.8 Å². The maximum Gasteiger partial charge on any atom is 0.237 e. The first-order valence-corrected chi connectivity index (χ1v) is 9.02. The second-order valence-corrected chi connectivity index (χ2v) is 6.88. The molecule has 1 aromatic carbocycles. The lowest BCUT2D eigenvalue weighted by molar-refractivity contribution is -0.135. The average Bonchev–Trinajstić information content (AvgIpc) is 3.50. The van der Waals surface area contributed by atoms with Crippen molar-refractivity contribution in [2.45, 2.75) is 32.4 Å². The fraction of sp³-hybridized carbons (Fsp3) is 0.579. The Labute approximate surface area is 149 Å². The molecular weight excluding hydrogens is 318 g/mol. The van der Waals surface area contributed by atoms with E-state index in [2.05, 4.69) is 10.2 Å². The van der Waals surface area contributed by atoms with E-state index < -0.39 is 0 Å². The average molecular weight is 345 g/mol. The predicted octanol–water partition coefficient (Wildman–Crippen LogP) is 1.25. The third-order valence-electron chi connectivity index (χ3n) is 5.08. The van der Waals surface area contributed by atoms with Gasteiger partial charge in [-0.2, -0.15) is 0 Å². The zero-order valence-electron chi connectivity index (χ0n) is 15.0. The van der Waals surface area contributed by atoms with Gasteiger partial charge in [0.2, 0.25) is 11.8 Å². The molecule has 6 nitrogen and oxygen atoms in total. The summed E-state index contributed by atoms with van der Waals surface area (Å²) in [6, 6.07) is 7.50. The number of piperazine rings is 1. The van der Waals surface area contributed by atoms with E-state index in [1.54, 1.807) is 7.11 Å². The van der Waals surface area contributed by atoms with Crippen LogP contribution in [0.15, 0.2) is 24.3 Å². The van der Waals surface area contributed by atoms with E-state index in [1.165, 1.54) is 0 Å². The number of rotatable bonds is 6. The van der Waals surface area contributed by atoms with Crippen LogP contribution < -0.4 is 10.1 Å². The number of carbonyl (C=O) groups is 2. The van der Waals surface area contributed by atoms with Crippen LogP contribution in [0.3, 0.4) is 0 Å². The van der Waals surface area contributed by atoms with Crippen LogP contribution in [0.2, 0.25) is 0 Å². The predicted molar refractivity (Wildman–Crippen MR) is 95.2 cm³/mol. The number of hydrogen-bond acceptors (Lipinski definition) is 4. The lowest BCUT2D eigenvalue weighted by Gasteiger charge is -2.37. The summed E-state index contributed by atoms with van der Waals surface area (Å²) in [5.41, 5.74) is 1.01. The third kappa shape index (κ3) is 4.51. The molecule has 6 heteroatoms. The van der Waals surface area contributed by atoms with Crippen molar-refractivity contribution >= 4 is 11.8 Å². The first kappa shape index (κ1) is 17.7. The van der Waals surface area contributed by atoms with E-state index in [9.17, 15) is 9.59 Å². The Morgan fingerprint density at radius 2 is 1.96 bits per heavy atom. The van der Waals surface area contributed by atoms with Crippen LogP contribution in [0, 0.1) is 5.92 Å². The molecule has 1 aliphatic heterocycles. The van der Waals surface area contributed by atoms with Gasteiger partial charge in [0.25, 0.3) is 0 Å². The van der Waals surface area contributed by atoms with Crippen LogP contribution in [0.1, 0.15) is 25.3 Å². The SMILES string of the molecule is COc1cccc(CNC(=O)[C@@H](C)N2CCN(C(=O)C3CC3)CC2)c1. The van der Waals surface area contributed by atoms with Crippen LogP contribution in [-0.4, -0.2) is 60.9 Å². The highest BCUT2D eigenvalue weighted by atomic mass is 16.5. The summed E-state index contributed by atoms with van der Waals surface area (Å²) in [4.78, 5) is 28.6. The van der Waals surface area contributed by atoms with Crippen LogP contribution in [0.4, 0.5) is 0 Å². The summed E-state index contributed by atoms with van der Waals surface area (Å²) in [5.74, 6) is 1.38. The first-order chi connectivity index (χ1) is 12.1. The molecule has 0 spiro atoms. The lowest BCUT2D eigenvalue weighted by Crippen LogP contribution is -2.55. The molecule has 136 valence electrons. The fourth-order valence-electron chi connectivity index (χ4n) is 3.20. The van der Waals surface area contributed by atoms with Crippen molar-refractivity contribution in [1.82, 2.24) is 15.1 Å². The number of carbonyl (C=O) groups excluding carboxylic acids is 2. The molecule has 0 bridgehead atoms. The standard InChI is InChI=1S/C19H27N3O3/c1-14(18(23)20-13-15-4-3-5-17(12-15)25-2)21-8-10-22(11-9-21)19(24)16-6-7-16/h3-5,12,14,16H,6-11,13H2,1-2H3,(H,20,23)/t14-/m1/s1. The highest BCUT2D eigenvalue weighted by molar-refractivity contribution is 5.82. The Morgan fingerprint density at radius 3 is 2.60 bits per heavy atom. The zero-order valence-corrected chi connectivity index (χ0v) is 15.0. The number of amides is 2. The molecular formula is C19H27N3O3. The van der Waals surface area contributed by atoms with Gasteiger partial charge in [-0.15, -0.1) is 0 Å². The van der Waals surface area contributed by atoms with Crippen molar-refractivity contribution in [3.63, 3.8) is 0 Å². The molecule has 0 radical (unpaired) electrons. The summed E-state index contributed by atoms with van der Waals surface area (Å²) in [6.45, 7) is 5.38. The smallest absolute Gasteiger partial charge is 0.237 e. The van der Waals surface area contributed by atoms with E-state index in [1.807, 2.05) is 36.1 Å². The fourth-order valence-corrected chi connectivity index (χ4v) is 3.20. The zero-order chi connectivity index (χ0) is 17.8. The summed E-state index contributed by atoms with van der Waals surface area (Å²) in [7, 11) is 1.63. The van der Waals surface area contributed by atoms with Gasteiger partial charge < -0.3 is 15.0 Å². The Hall–Kier alpha value is -2.08. The van der Waals surface area contributed by atoms with Gasteiger partial charge in [0.1, 0.15) is 5.75 Å². The number of methoxy groups -OCH3 is 1. The topological polar surface area (TPSA) is 61.9 Å². The van der Waals surface area contributed by atoms with Crippen LogP contribution in [0.25, 0.3) is 0 Å². The molecule has 1 aromatic rings. The molecule has 0 aromatic heterocycles. The third-order valence-corrected chi connectivity index (χ3v) is 5.08. The molecule has 1 heterocycles. The molecule has 0 unspecified atom stereocenters. The molecule has 1 aliphatic carbocycles. The monoisotopic (exact) mass is 345 g/mol. The molecule has 1 N–H and O–H groups in total. The van der Waals surface area contributed by atoms with Gasteiger partial charge in [-0.3, -0.25) is 14.5 Å². The second kappa shape index (κ2) is 7.87. The van der Waals surface area contributed by atoms with Gasteiger partial charge in [0, 0.05) is 38.6 Å². The minimum absolute atomic E-state index is 0.0183. The number of ether oxygens (including phenoxy) is 1. The quantitative estimate of drug-likeness (QED) is 0.843. The molecule has 1 atom stereocenters. The summed E-state index contributed by atoms with van der Waals surface area (Å²) in [5, 5.41) is 2.99. The van der Waals surface area contributed by atoms with Crippen LogP contribution in [-0.2, 0) is 16.1 Å². The molecule has 2 aliphatic rings. The molecule has 2 fully saturated rings. The molecule has 25 heavy (non-hydrogen) atoms. The Bertz CT molecular complexity index is 622. The lowest BCUT2D eigenvalue weighted by atomic mass is 10.2. The van der Waals surface area contributed by atoms with Crippen molar-refractivity contribution < 1.29 is 14.3 Å². The summed E-state index contributed by atoms with van der Waals surface area (Å²) in [6.07, 6.45) is 2.09. The second-order valence-electron chi connectivity index (χ2n) is 6.88. The molecule has 3 rings (SSSR count). The van der Waals surface area contributed by atoms with Crippen LogP contribution >= 0.6 is 0 Å². The van der Waals surface area contributed by atoms with Crippen molar-refractivity contribution in [2.24, 2.45) is 5.92 Å². The number of nitrogens with one attached hydrogen (secondary N) is 1. The minimum Gasteiger partial charge on any atom is -0.497 e. The molecule has 1 saturated heterocycles. The maximum absolute atomic E-state index is 12.4. The van der Waals surface area contributed by atoms with Crippen LogP contribution in [0.5, 0.6) is 5.75 Å². The van der Waals surface area contributed by atoms with E-state index in [-0.39, 0.29) is 17.9 Å². The largest absolute Gasteiger partial charge is 0.497 e. The molecule has 1 saturated carbocycles. The van der Waals surface area contributed by atoms with Gasteiger partial charge in [-0.25, -0.2) is 0 Å². The van der Waals surface area contributed by atoms with Gasteiger partial charge in [-0.1, -0.05) is 12.1 Å². The van der Waals surface area contributed by atoms with Gasteiger partial charge in [-0.05, 0) is 37.5 Å². The summed E-state index contributed by atoms with van der Waals surface area (Å²) >= 11 is 0. The van der Waals surface area contributed by atoms with Gasteiger partial charge in [0.15, 0.2) is 0 Å². The number of benzene rings is 1. The van der Waals surface area contributed by atoms with E-state index >= 15 is 0 Å². The molecule has 2 amide bonds. The van der Waals surface area contributed by atoms with Gasteiger partial charge >= 0.3 is 0 Å². The number of nitrogens with zero attached hydrogens (tertiary/aromatic N) is 2. The Kier molecular flexibility index (Phi) is 5.58. The van der Waals surface area contributed by atoms with E-state index in [0.29, 0.717) is 12.5 Å². The van der Waals surface area contributed by atoms with E-state index in [4.69, 9.17) is 4.74 Å². The van der Waals surface area contributed by atoms with Crippen molar-refractivity contribution in [3.8, 4) is 5.75 Å². The maximum atomic E-state index is 12.4. The van der Waals surface area contributed by atoms with Crippen molar-refractivity contribution in [1.29, 1.82) is 0 Å². The van der Waals surface area contributed by atoms with Gasteiger partial charge in [0.05, 0.1) is 13.2 Å². The Morgan fingerprint density at radius 1 is 1.24 bits per heavy atom. The van der Waals surface area contributed by atoms with Crippen molar-refractivity contribution in [2.75, 3.05) is 33.3 Å². The minimum atomic E-state index is -0.191. The highest BCUT2D eigenvalue weighted by Crippen LogP contribution is 2.31. The first-order valence-electron chi connectivity index (χ1n) is 9.02. The normalized spacial score (nSPS) is 19.4. The summed E-state index contributed by atoms with van der Waals surface area (Å²) < 4.78 is 5.20.